The fourth-order valence-corrected chi connectivity index (χ4v) is 2.28. The van der Waals surface area contributed by atoms with Crippen LogP contribution in [0.1, 0.15) is 36.0 Å². The molecule has 7 heteroatoms. The fourth-order valence-electron chi connectivity index (χ4n) is 2.28. The van der Waals surface area contributed by atoms with E-state index in [0.29, 0.717) is 12.1 Å². The van der Waals surface area contributed by atoms with E-state index in [1.54, 1.807) is 0 Å². The van der Waals surface area contributed by atoms with Gasteiger partial charge in [0.25, 0.3) is 0 Å². The summed E-state index contributed by atoms with van der Waals surface area (Å²) in [6.07, 6.45) is 4.04. The number of rotatable bonds is 4. The van der Waals surface area contributed by atoms with Gasteiger partial charge in [-0.25, -0.2) is 9.18 Å². The highest BCUT2D eigenvalue weighted by atomic mass is 19.1. The Morgan fingerprint density at radius 3 is 2.55 bits per heavy atom. The Balaban J connectivity index is 2.09. The summed E-state index contributed by atoms with van der Waals surface area (Å²) in [6, 6.07) is 0.895. The van der Waals surface area contributed by atoms with Crippen LogP contribution in [0.3, 0.4) is 0 Å². The third-order valence-electron chi connectivity index (χ3n) is 3.38. The minimum absolute atomic E-state index is 0.164. The SMILES string of the molecule is O=C(OCC1CCCC1)c1cc(F)c([N+](=O)[O-])cc1F. The van der Waals surface area contributed by atoms with Crippen LogP contribution in [-0.4, -0.2) is 17.5 Å². The molecular formula is C13H13F2NO4. The molecule has 0 amide bonds. The maximum absolute atomic E-state index is 13.6. The van der Waals surface area contributed by atoms with E-state index in [9.17, 15) is 23.7 Å². The van der Waals surface area contributed by atoms with Gasteiger partial charge in [-0.15, -0.1) is 0 Å². The van der Waals surface area contributed by atoms with Crippen molar-refractivity contribution in [1.29, 1.82) is 0 Å². The molecule has 0 saturated heterocycles. The minimum Gasteiger partial charge on any atom is -0.462 e. The Hall–Kier alpha value is -2.05. The van der Waals surface area contributed by atoms with Crippen LogP contribution in [0.2, 0.25) is 0 Å². The Morgan fingerprint density at radius 1 is 1.30 bits per heavy atom. The zero-order chi connectivity index (χ0) is 14.7. The lowest BCUT2D eigenvalue weighted by atomic mass is 10.1. The van der Waals surface area contributed by atoms with Gasteiger partial charge in [0.15, 0.2) is 0 Å². The topological polar surface area (TPSA) is 69.4 Å². The summed E-state index contributed by atoms with van der Waals surface area (Å²) in [5.41, 5.74) is -1.62. The molecule has 1 aliphatic rings. The molecular weight excluding hydrogens is 272 g/mol. The molecule has 0 N–H and O–H groups in total. The summed E-state index contributed by atoms with van der Waals surface area (Å²) in [5.74, 6) is -3.16. The first-order valence-corrected chi connectivity index (χ1v) is 6.29. The van der Waals surface area contributed by atoms with Crippen molar-refractivity contribution in [2.75, 3.05) is 6.61 Å². The molecule has 0 aromatic heterocycles. The van der Waals surface area contributed by atoms with Gasteiger partial charge in [-0.1, -0.05) is 12.8 Å². The largest absolute Gasteiger partial charge is 0.462 e. The molecule has 108 valence electrons. The lowest BCUT2D eigenvalue weighted by Crippen LogP contribution is -2.14. The zero-order valence-corrected chi connectivity index (χ0v) is 10.6. The standard InChI is InChI=1S/C13H13F2NO4/c14-10-6-12(16(18)19)11(15)5-9(10)13(17)20-7-8-3-1-2-4-8/h5-6,8H,1-4,7H2. The highest BCUT2D eigenvalue weighted by Gasteiger charge is 2.24. The number of carbonyl (C=O) groups is 1. The Kier molecular flexibility index (Phi) is 4.26. The van der Waals surface area contributed by atoms with E-state index in [2.05, 4.69) is 0 Å². The first kappa shape index (κ1) is 14.4. The highest BCUT2D eigenvalue weighted by Crippen LogP contribution is 2.26. The van der Waals surface area contributed by atoms with E-state index in [0.717, 1.165) is 25.7 Å². The van der Waals surface area contributed by atoms with Crippen LogP contribution in [-0.2, 0) is 4.74 Å². The number of nitro groups is 1. The average molecular weight is 285 g/mol. The number of hydrogen-bond donors (Lipinski definition) is 0. The van der Waals surface area contributed by atoms with Crippen LogP contribution in [0.4, 0.5) is 14.5 Å². The molecule has 0 radical (unpaired) electrons. The van der Waals surface area contributed by atoms with Gasteiger partial charge in [0.1, 0.15) is 5.82 Å². The molecule has 0 bridgehead atoms. The predicted octanol–water partition coefficient (Wildman–Crippen LogP) is 3.22. The van der Waals surface area contributed by atoms with Crippen LogP contribution in [0.25, 0.3) is 0 Å². The van der Waals surface area contributed by atoms with Gasteiger partial charge in [-0.2, -0.15) is 4.39 Å². The summed E-state index contributed by atoms with van der Waals surface area (Å²) in [5, 5.41) is 10.4. The second-order valence-corrected chi connectivity index (χ2v) is 4.79. The minimum atomic E-state index is -1.26. The van der Waals surface area contributed by atoms with Crippen LogP contribution < -0.4 is 0 Å². The smallest absolute Gasteiger partial charge is 0.341 e. The summed E-state index contributed by atoms with van der Waals surface area (Å²) >= 11 is 0. The van der Waals surface area contributed by atoms with Crippen LogP contribution >= 0.6 is 0 Å². The number of nitrogens with zero attached hydrogens (tertiary/aromatic N) is 1. The van der Waals surface area contributed by atoms with Gasteiger partial charge in [0.05, 0.1) is 23.2 Å². The molecule has 0 aliphatic heterocycles. The van der Waals surface area contributed by atoms with Crippen LogP contribution in [0.5, 0.6) is 0 Å². The molecule has 0 heterocycles. The molecule has 1 fully saturated rings. The first-order valence-electron chi connectivity index (χ1n) is 6.29. The number of nitro benzene ring substituents is 1. The van der Waals surface area contributed by atoms with Crippen molar-refractivity contribution in [1.82, 2.24) is 0 Å². The second-order valence-electron chi connectivity index (χ2n) is 4.79. The van der Waals surface area contributed by atoms with Crippen molar-refractivity contribution < 1.29 is 23.2 Å². The molecule has 2 rings (SSSR count). The normalized spacial score (nSPS) is 15.3. The van der Waals surface area contributed by atoms with Crippen molar-refractivity contribution >= 4 is 11.7 Å². The van der Waals surface area contributed by atoms with E-state index in [4.69, 9.17) is 4.74 Å². The number of carbonyl (C=O) groups excluding carboxylic acids is 1. The lowest BCUT2D eigenvalue weighted by molar-refractivity contribution is -0.387. The summed E-state index contributed by atoms with van der Waals surface area (Å²) in [4.78, 5) is 21.0. The van der Waals surface area contributed by atoms with Gasteiger partial charge < -0.3 is 4.74 Å². The molecule has 1 aliphatic carbocycles. The first-order chi connectivity index (χ1) is 9.49. The Bertz CT molecular complexity index is 541. The van der Waals surface area contributed by atoms with Gasteiger partial charge in [-0.05, 0) is 24.8 Å². The van der Waals surface area contributed by atoms with Crippen molar-refractivity contribution in [3.63, 3.8) is 0 Å². The van der Waals surface area contributed by atoms with E-state index in [1.807, 2.05) is 0 Å². The summed E-state index contributed by atoms with van der Waals surface area (Å²) in [7, 11) is 0. The van der Waals surface area contributed by atoms with Gasteiger partial charge >= 0.3 is 11.7 Å². The Labute approximate surface area is 113 Å². The maximum Gasteiger partial charge on any atom is 0.341 e. The molecule has 0 atom stereocenters. The van der Waals surface area contributed by atoms with Crippen molar-refractivity contribution in [3.05, 3.63) is 39.4 Å². The number of halogens is 2. The van der Waals surface area contributed by atoms with E-state index in [-0.39, 0.29) is 12.5 Å². The molecule has 1 aromatic carbocycles. The summed E-state index contributed by atoms with van der Waals surface area (Å²) in [6.45, 7) is 0.164. The lowest BCUT2D eigenvalue weighted by Gasteiger charge is -2.10. The fraction of sp³-hybridized carbons (Fsp3) is 0.462. The van der Waals surface area contributed by atoms with Gasteiger partial charge in [-0.3, -0.25) is 10.1 Å². The molecule has 0 spiro atoms. The number of benzene rings is 1. The molecule has 1 saturated carbocycles. The number of ether oxygens (including phenoxy) is 1. The zero-order valence-electron chi connectivity index (χ0n) is 10.6. The molecule has 0 unspecified atom stereocenters. The third-order valence-corrected chi connectivity index (χ3v) is 3.38. The molecule has 5 nitrogen and oxygen atoms in total. The van der Waals surface area contributed by atoms with E-state index >= 15 is 0 Å². The van der Waals surface area contributed by atoms with Crippen molar-refractivity contribution in [2.24, 2.45) is 5.92 Å². The maximum atomic E-state index is 13.6. The summed E-state index contributed by atoms with van der Waals surface area (Å²) < 4.78 is 31.9. The predicted molar refractivity (Wildman–Crippen MR) is 65.3 cm³/mol. The molecule has 20 heavy (non-hydrogen) atoms. The quantitative estimate of drug-likeness (QED) is 0.484. The van der Waals surface area contributed by atoms with Crippen molar-refractivity contribution in [3.8, 4) is 0 Å². The monoisotopic (exact) mass is 285 g/mol. The number of hydrogen-bond acceptors (Lipinski definition) is 4. The van der Waals surface area contributed by atoms with Crippen LogP contribution in [0.15, 0.2) is 12.1 Å². The van der Waals surface area contributed by atoms with Gasteiger partial charge in [0, 0.05) is 0 Å². The Morgan fingerprint density at radius 2 is 1.95 bits per heavy atom. The van der Waals surface area contributed by atoms with E-state index in [1.165, 1.54) is 0 Å². The third kappa shape index (κ3) is 3.09. The second kappa shape index (κ2) is 5.94. The highest BCUT2D eigenvalue weighted by molar-refractivity contribution is 5.90. The van der Waals surface area contributed by atoms with Crippen LogP contribution in [0, 0.1) is 27.7 Å². The van der Waals surface area contributed by atoms with E-state index < -0.39 is 33.8 Å². The van der Waals surface area contributed by atoms with Crippen molar-refractivity contribution in [2.45, 2.75) is 25.7 Å². The average Bonchev–Trinajstić information content (AvgIpc) is 2.91. The number of esters is 1. The van der Waals surface area contributed by atoms with Gasteiger partial charge in [0.2, 0.25) is 5.82 Å². The molecule has 1 aromatic rings.